The zero-order chi connectivity index (χ0) is 19.8. The molecule has 27 heavy (non-hydrogen) atoms. The second-order valence-electron chi connectivity index (χ2n) is 7.20. The van der Waals surface area contributed by atoms with Crippen LogP contribution in [0.1, 0.15) is 35.2 Å². The first-order valence-electron chi connectivity index (χ1n) is 8.92. The number of carbonyl (C=O) groups excluding carboxylic acids is 1. The van der Waals surface area contributed by atoms with Gasteiger partial charge < -0.3 is 4.90 Å². The molecule has 8 nitrogen and oxygen atoms in total. The molecule has 1 saturated heterocycles. The van der Waals surface area contributed by atoms with Gasteiger partial charge in [-0.25, -0.2) is 21.6 Å². The van der Waals surface area contributed by atoms with E-state index in [1.807, 2.05) is 0 Å². The highest BCUT2D eigenvalue weighted by molar-refractivity contribution is 7.92. The Labute approximate surface area is 160 Å². The molecule has 2 heterocycles. The van der Waals surface area contributed by atoms with Gasteiger partial charge in [0.2, 0.25) is 20.0 Å². The molecule has 3 rings (SSSR count). The first kappa shape index (κ1) is 20.1. The Morgan fingerprint density at radius 2 is 1.89 bits per heavy atom. The summed E-state index contributed by atoms with van der Waals surface area (Å²) in [5.41, 5.74) is 1.98. The average molecular weight is 416 g/mol. The zero-order valence-corrected chi connectivity index (χ0v) is 17.1. The van der Waals surface area contributed by atoms with E-state index in [0.717, 1.165) is 31.1 Å². The number of anilines is 1. The van der Waals surface area contributed by atoms with E-state index in [9.17, 15) is 21.6 Å². The number of hydrogen-bond donors (Lipinski definition) is 1. The molecule has 0 radical (unpaired) electrons. The molecule has 1 N–H and O–H groups in total. The van der Waals surface area contributed by atoms with Crippen LogP contribution in [0, 0.1) is 0 Å². The molecule has 1 aromatic carbocycles. The molecule has 2 aliphatic heterocycles. The first-order valence-corrected chi connectivity index (χ1v) is 12.7. The van der Waals surface area contributed by atoms with Crippen molar-refractivity contribution in [3.05, 3.63) is 29.3 Å². The van der Waals surface area contributed by atoms with Gasteiger partial charge in [0.15, 0.2) is 0 Å². The second kappa shape index (κ2) is 7.40. The van der Waals surface area contributed by atoms with E-state index < -0.39 is 20.0 Å². The van der Waals surface area contributed by atoms with Gasteiger partial charge in [-0.15, -0.1) is 0 Å². The number of sulfonamides is 2. The van der Waals surface area contributed by atoms with Gasteiger partial charge in [-0.3, -0.25) is 9.10 Å². The minimum Gasteiger partial charge on any atom is -0.334 e. The first-order chi connectivity index (χ1) is 12.6. The number of piperidine rings is 1. The van der Waals surface area contributed by atoms with E-state index in [-0.39, 0.29) is 18.5 Å². The third-order valence-corrected chi connectivity index (χ3v) is 6.92. The number of nitrogens with one attached hydrogen (secondary N) is 1. The molecule has 1 atom stereocenters. The van der Waals surface area contributed by atoms with Crippen molar-refractivity contribution < 1.29 is 21.6 Å². The van der Waals surface area contributed by atoms with Crippen molar-refractivity contribution in [1.82, 2.24) is 9.62 Å². The standard InChI is InChI=1S/C17H25N3O5S2/c1-26(22,23)18-12-15-5-3-4-9-19(15)17(21)14-6-7-16-13(11-14)8-10-20(16)27(2,24)25/h6-7,11,15,18H,3-5,8-10,12H2,1-2H3. The fourth-order valence-electron chi connectivity index (χ4n) is 3.74. The highest BCUT2D eigenvalue weighted by Gasteiger charge is 2.30. The number of amides is 1. The van der Waals surface area contributed by atoms with Crippen LogP contribution in [0.25, 0.3) is 0 Å². The van der Waals surface area contributed by atoms with Crippen LogP contribution >= 0.6 is 0 Å². The molecular formula is C17H25N3O5S2. The molecule has 1 aromatic rings. The molecule has 0 spiro atoms. The predicted molar refractivity (Wildman–Crippen MR) is 104 cm³/mol. The molecule has 0 aliphatic carbocycles. The van der Waals surface area contributed by atoms with E-state index in [1.165, 1.54) is 10.6 Å². The van der Waals surface area contributed by atoms with E-state index in [0.29, 0.717) is 30.8 Å². The Bertz CT molecular complexity index is 943. The number of benzene rings is 1. The molecule has 1 unspecified atom stereocenters. The highest BCUT2D eigenvalue weighted by atomic mass is 32.2. The number of nitrogens with zero attached hydrogens (tertiary/aromatic N) is 2. The lowest BCUT2D eigenvalue weighted by Crippen LogP contribution is -2.49. The van der Waals surface area contributed by atoms with Crippen molar-refractivity contribution in [2.45, 2.75) is 31.7 Å². The van der Waals surface area contributed by atoms with Crippen molar-refractivity contribution in [2.24, 2.45) is 0 Å². The maximum absolute atomic E-state index is 13.0. The molecule has 1 amide bonds. The van der Waals surface area contributed by atoms with Crippen molar-refractivity contribution in [3.63, 3.8) is 0 Å². The van der Waals surface area contributed by atoms with Gasteiger partial charge >= 0.3 is 0 Å². The number of likely N-dealkylation sites (tertiary alicyclic amines) is 1. The lowest BCUT2D eigenvalue weighted by atomic mass is 10.00. The summed E-state index contributed by atoms with van der Waals surface area (Å²) in [6.07, 6.45) is 5.44. The molecular weight excluding hydrogens is 390 g/mol. The van der Waals surface area contributed by atoms with Crippen molar-refractivity contribution >= 4 is 31.6 Å². The summed E-state index contributed by atoms with van der Waals surface area (Å²) in [5, 5.41) is 0. The third-order valence-electron chi connectivity index (χ3n) is 5.05. The topological polar surface area (TPSA) is 104 Å². The number of carbonyl (C=O) groups is 1. The summed E-state index contributed by atoms with van der Waals surface area (Å²) in [7, 11) is -6.64. The third kappa shape index (κ3) is 4.61. The molecule has 0 aromatic heterocycles. The molecule has 1 fully saturated rings. The predicted octanol–water partition coefficient (Wildman–Crippen LogP) is 0.553. The smallest absolute Gasteiger partial charge is 0.254 e. The minimum absolute atomic E-state index is 0.143. The molecule has 0 bridgehead atoms. The van der Waals surface area contributed by atoms with E-state index in [4.69, 9.17) is 0 Å². The van der Waals surface area contributed by atoms with Crippen molar-refractivity contribution in [3.8, 4) is 0 Å². The van der Waals surface area contributed by atoms with Gasteiger partial charge in [-0.2, -0.15) is 0 Å². The fourth-order valence-corrected chi connectivity index (χ4v) is 5.20. The Balaban J connectivity index is 1.80. The lowest BCUT2D eigenvalue weighted by Gasteiger charge is -2.36. The van der Waals surface area contributed by atoms with Gasteiger partial charge in [-0.05, 0) is 49.4 Å². The maximum Gasteiger partial charge on any atom is 0.254 e. The Morgan fingerprint density at radius 3 is 2.56 bits per heavy atom. The van der Waals surface area contributed by atoms with Crippen LogP contribution in [0.2, 0.25) is 0 Å². The minimum atomic E-state index is -3.33. The Kier molecular flexibility index (Phi) is 5.51. The van der Waals surface area contributed by atoms with Crippen LogP contribution in [0.5, 0.6) is 0 Å². The van der Waals surface area contributed by atoms with Crippen LogP contribution in [0.4, 0.5) is 5.69 Å². The second-order valence-corrected chi connectivity index (χ2v) is 10.9. The summed E-state index contributed by atoms with van der Waals surface area (Å²) in [4.78, 5) is 14.8. The molecule has 0 saturated carbocycles. The van der Waals surface area contributed by atoms with E-state index in [1.54, 1.807) is 23.1 Å². The molecule has 2 aliphatic rings. The van der Waals surface area contributed by atoms with Gasteiger partial charge in [-0.1, -0.05) is 0 Å². The summed E-state index contributed by atoms with van der Waals surface area (Å²) >= 11 is 0. The van der Waals surface area contributed by atoms with E-state index >= 15 is 0 Å². The van der Waals surface area contributed by atoms with Crippen LogP contribution in [0.3, 0.4) is 0 Å². The number of hydrogen-bond acceptors (Lipinski definition) is 5. The van der Waals surface area contributed by atoms with Crippen molar-refractivity contribution in [1.29, 1.82) is 0 Å². The number of rotatable bonds is 5. The van der Waals surface area contributed by atoms with Crippen molar-refractivity contribution in [2.75, 3.05) is 36.5 Å². The van der Waals surface area contributed by atoms with Crippen LogP contribution in [-0.4, -0.2) is 65.8 Å². The number of fused-ring (bicyclic) bond motifs is 1. The van der Waals surface area contributed by atoms with Gasteiger partial charge in [0, 0.05) is 31.2 Å². The summed E-state index contributed by atoms with van der Waals surface area (Å²) in [6, 6.07) is 4.92. The Morgan fingerprint density at radius 1 is 1.15 bits per heavy atom. The summed E-state index contributed by atoms with van der Waals surface area (Å²) < 4.78 is 50.3. The van der Waals surface area contributed by atoms with Crippen LogP contribution < -0.4 is 9.03 Å². The van der Waals surface area contributed by atoms with E-state index in [2.05, 4.69) is 4.72 Å². The normalized spacial score (nSPS) is 20.6. The maximum atomic E-state index is 13.0. The zero-order valence-electron chi connectivity index (χ0n) is 15.5. The van der Waals surface area contributed by atoms with Gasteiger partial charge in [0.1, 0.15) is 0 Å². The molecule has 10 heteroatoms. The van der Waals surface area contributed by atoms with Crippen LogP contribution in [0.15, 0.2) is 18.2 Å². The summed E-state index contributed by atoms with van der Waals surface area (Å²) in [6.45, 7) is 1.18. The molecule has 150 valence electrons. The monoisotopic (exact) mass is 415 g/mol. The SMILES string of the molecule is CS(=O)(=O)NCC1CCCCN1C(=O)c1ccc2c(c1)CCN2S(C)(=O)=O. The van der Waals surface area contributed by atoms with Gasteiger partial charge in [0.05, 0.1) is 18.2 Å². The average Bonchev–Trinajstić information content (AvgIpc) is 3.02. The van der Waals surface area contributed by atoms with Gasteiger partial charge in [0.25, 0.3) is 5.91 Å². The quantitative estimate of drug-likeness (QED) is 0.756. The lowest BCUT2D eigenvalue weighted by molar-refractivity contribution is 0.0618. The highest BCUT2D eigenvalue weighted by Crippen LogP contribution is 2.31. The Hall–Kier alpha value is -1.65. The summed E-state index contributed by atoms with van der Waals surface area (Å²) in [5.74, 6) is -0.143. The largest absolute Gasteiger partial charge is 0.334 e. The van der Waals surface area contributed by atoms with Crippen LogP contribution in [-0.2, 0) is 26.5 Å². The fraction of sp³-hybridized carbons (Fsp3) is 0.588.